The molecule has 1 aromatic carbocycles. The van der Waals surface area contributed by atoms with Crippen LogP contribution in [0.1, 0.15) is 61.6 Å². The average Bonchev–Trinajstić information content (AvgIpc) is 3.32. The van der Waals surface area contributed by atoms with Gasteiger partial charge in [-0.3, -0.25) is 4.79 Å². The molecular formula is C22H26F4N4O. The number of nitrogens with one attached hydrogen (secondary N) is 1. The Bertz CT molecular complexity index is 979. The van der Waals surface area contributed by atoms with Gasteiger partial charge in [0.05, 0.1) is 11.3 Å². The van der Waals surface area contributed by atoms with E-state index in [1.54, 1.807) is 12.1 Å². The van der Waals surface area contributed by atoms with Crippen LogP contribution in [0.15, 0.2) is 30.3 Å². The number of likely N-dealkylation sites (tertiary alicyclic amines) is 1. The summed E-state index contributed by atoms with van der Waals surface area (Å²) in [6.45, 7) is 6.43. The third-order valence-electron chi connectivity index (χ3n) is 6.25. The number of anilines is 1. The number of amides is 1. The molecule has 1 fully saturated rings. The summed E-state index contributed by atoms with van der Waals surface area (Å²) < 4.78 is 56.4. The Morgan fingerprint density at radius 1 is 1.19 bits per heavy atom. The van der Waals surface area contributed by atoms with Gasteiger partial charge in [0.1, 0.15) is 11.6 Å². The summed E-state index contributed by atoms with van der Waals surface area (Å²) in [7, 11) is 0. The summed E-state index contributed by atoms with van der Waals surface area (Å²) in [5.41, 5.74) is 0.171. The number of rotatable bonds is 2. The van der Waals surface area contributed by atoms with E-state index in [1.807, 2.05) is 20.8 Å². The number of hydrogen-bond donors (Lipinski definition) is 1. The number of hydrogen-bond acceptors (Lipinski definition) is 3. The summed E-state index contributed by atoms with van der Waals surface area (Å²) in [6, 6.07) is 5.41. The zero-order valence-electron chi connectivity index (χ0n) is 17.7. The van der Waals surface area contributed by atoms with Gasteiger partial charge < -0.3 is 10.2 Å². The molecule has 3 atom stereocenters. The van der Waals surface area contributed by atoms with Gasteiger partial charge in [-0.05, 0) is 30.4 Å². The molecule has 0 bridgehead atoms. The van der Waals surface area contributed by atoms with Crippen molar-refractivity contribution >= 4 is 11.7 Å². The molecule has 0 saturated carbocycles. The van der Waals surface area contributed by atoms with Crippen LogP contribution in [-0.4, -0.2) is 45.9 Å². The van der Waals surface area contributed by atoms with Gasteiger partial charge in [0.15, 0.2) is 6.04 Å². The van der Waals surface area contributed by atoms with Gasteiger partial charge in [0.2, 0.25) is 0 Å². The van der Waals surface area contributed by atoms with Crippen LogP contribution in [0.3, 0.4) is 0 Å². The zero-order valence-corrected chi connectivity index (χ0v) is 17.7. The Balaban J connectivity index is 1.57. The summed E-state index contributed by atoms with van der Waals surface area (Å²) in [5, 5.41) is 7.52. The molecule has 0 spiro atoms. The number of nitrogens with zero attached hydrogens (tertiary/aromatic N) is 3. The fourth-order valence-electron chi connectivity index (χ4n) is 4.35. The molecule has 1 N–H and O–H groups in total. The first-order valence-electron chi connectivity index (χ1n) is 10.4. The lowest BCUT2D eigenvalue weighted by atomic mass is 9.82. The lowest BCUT2D eigenvalue weighted by molar-refractivity contribution is -0.175. The van der Waals surface area contributed by atoms with E-state index in [4.69, 9.17) is 0 Å². The van der Waals surface area contributed by atoms with E-state index in [9.17, 15) is 22.4 Å². The van der Waals surface area contributed by atoms with Crippen molar-refractivity contribution in [1.82, 2.24) is 14.7 Å². The van der Waals surface area contributed by atoms with Crippen LogP contribution >= 0.6 is 0 Å². The number of aromatic nitrogens is 2. The molecule has 0 aliphatic carbocycles. The van der Waals surface area contributed by atoms with E-state index in [2.05, 4.69) is 10.4 Å². The first-order valence-corrected chi connectivity index (χ1v) is 10.4. The molecule has 2 aliphatic rings. The molecular weight excluding hydrogens is 412 g/mol. The van der Waals surface area contributed by atoms with Crippen molar-refractivity contribution in [1.29, 1.82) is 0 Å². The smallest absolute Gasteiger partial charge is 0.367 e. The van der Waals surface area contributed by atoms with Gasteiger partial charge in [0, 0.05) is 31.1 Å². The number of benzene rings is 1. The van der Waals surface area contributed by atoms with Crippen molar-refractivity contribution in [2.75, 3.05) is 18.4 Å². The fraction of sp³-hybridized carbons (Fsp3) is 0.545. The third-order valence-corrected chi connectivity index (χ3v) is 6.25. The van der Waals surface area contributed by atoms with Gasteiger partial charge in [-0.1, -0.05) is 32.9 Å². The van der Waals surface area contributed by atoms with Crippen LogP contribution in [0, 0.1) is 11.2 Å². The molecule has 168 valence electrons. The third kappa shape index (κ3) is 4.14. The van der Waals surface area contributed by atoms with E-state index in [-0.39, 0.29) is 29.4 Å². The summed E-state index contributed by atoms with van der Waals surface area (Å²) in [6.07, 6.45) is -3.94. The van der Waals surface area contributed by atoms with Crippen molar-refractivity contribution in [3.05, 3.63) is 47.4 Å². The van der Waals surface area contributed by atoms with Gasteiger partial charge in [-0.2, -0.15) is 18.3 Å². The SMILES string of the molecule is CC(C)(C)C1CC(C(F)(F)F)n2nc(C3CCN(C(=O)c4ccccc4F)C3)cc2N1. The Kier molecular flexibility index (Phi) is 5.26. The minimum Gasteiger partial charge on any atom is -0.367 e. The van der Waals surface area contributed by atoms with Crippen molar-refractivity contribution in [3.63, 3.8) is 0 Å². The molecule has 5 nitrogen and oxygen atoms in total. The van der Waals surface area contributed by atoms with Crippen LogP contribution in [0.4, 0.5) is 23.4 Å². The molecule has 1 aromatic heterocycles. The van der Waals surface area contributed by atoms with E-state index < -0.39 is 23.9 Å². The predicted octanol–water partition coefficient (Wildman–Crippen LogP) is 4.99. The monoisotopic (exact) mass is 438 g/mol. The lowest BCUT2D eigenvalue weighted by Crippen LogP contribution is -2.44. The summed E-state index contributed by atoms with van der Waals surface area (Å²) in [5.74, 6) is -0.845. The Labute approximate surface area is 178 Å². The number of alkyl halides is 3. The standard InChI is InChI=1S/C22H26F4N4O/c1-21(2,3)17-11-18(22(24,25)26)30-19(27-17)10-16(28-30)13-8-9-29(12-13)20(31)14-6-4-5-7-15(14)23/h4-7,10,13,17-18,27H,8-9,11-12H2,1-3H3. The van der Waals surface area contributed by atoms with Crippen molar-refractivity contribution < 1.29 is 22.4 Å². The maximum absolute atomic E-state index is 14.0. The second-order valence-electron chi connectivity index (χ2n) is 9.47. The quantitative estimate of drug-likeness (QED) is 0.673. The highest BCUT2D eigenvalue weighted by atomic mass is 19.4. The van der Waals surface area contributed by atoms with Crippen LogP contribution in [0.2, 0.25) is 0 Å². The minimum absolute atomic E-state index is 0.000828. The Morgan fingerprint density at radius 3 is 2.55 bits per heavy atom. The highest BCUT2D eigenvalue weighted by molar-refractivity contribution is 5.94. The zero-order chi connectivity index (χ0) is 22.6. The Hall–Kier alpha value is -2.58. The second kappa shape index (κ2) is 7.53. The number of carbonyl (C=O) groups excluding carboxylic acids is 1. The maximum Gasteiger partial charge on any atom is 0.410 e. The van der Waals surface area contributed by atoms with Gasteiger partial charge in [-0.25, -0.2) is 9.07 Å². The molecule has 1 amide bonds. The van der Waals surface area contributed by atoms with Gasteiger partial charge >= 0.3 is 6.18 Å². The highest BCUT2D eigenvalue weighted by Gasteiger charge is 2.48. The average molecular weight is 438 g/mol. The van der Waals surface area contributed by atoms with Crippen LogP contribution in [0.25, 0.3) is 0 Å². The Morgan fingerprint density at radius 2 is 1.90 bits per heavy atom. The number of halogens is 4. The van der Waals surface area contributed by atoms with Crippen LogP contribution in [-0.2, 0) is 0 Å². The van der Waals surface area contributed by atoms with E-state index in [1.165, 1.54) is 23.1 Å². The fourth-order valence-corrected chi connectivity index (χ4v) is 4.35. The highest BCUT2D eigenvalue weighted by Crippen LogP contribution is 2.44. The first kappa shape index (κ1) is 21.6. The van der Waals surface area contributed by atoms with Crippen molar-refractivity contribution in [2.45, 2.75) is 57.8 Å². The van der Waals surface area contributed by atoms with Gasteiger partial charge in [0.25, 0.3) is 5.91 Å². The van der Waals surface area contributed by atoms with E-state index >= 15 is 0 Å². The van der Waals surface area contributed by atoms with Crippen molar-refractivity contribution in [2.24, 2.45) is 5.41 Å². The molecule has 31 heavy (non-hydrogen) atoms. The molecule has 3 heterocycles. The number of carbonyl (C=O) groups is 1. The largest absolute Gasteiger partial charge is 0.410 e. The second-order valence-corrected chi connectivity index (χ2v) is 9.47. The molecule has 3 unspecified atom stereocenters. The molecule has 4 rings (SSSR count). The normalized spacial score (nSPS) is 24.1. The topological polar surface area (TPSA) is 50.2 Å². The molecule has 2 aliphatic heterocycles. The minimum atomic E-state index is -4.41. The van der Waals surface area contributed by atoms with Crippen molar-refractivity contribution in [3.8, 4) is 0 Å². The lowest BCUT2D eigenvalue weighted by Gasteiger charge is -2.39. The van der Waals surface area contributed by atoms with Crippen LogP contribution < -0.4 is 5.32 Å². The van der Waals surface area contributed by atoms with E-state index in [0.717, 1.165) is 4.68 Å². The summed E-state index contributed by atoms with van der Waals surface area (Å²) in [4.78, 5) is 14.2. The predicted molar refractivity (Wildman–Crippen MR) is 108 cm³/mol. The molecule has 9 heteroatoms. The first-order chi connectivity index (χ1) is 14.4. The summed E-state index contributed by atoms with van der Waals surface area (Å²) >= 11 is 0. The molecule has 0 radical (unpaired) electrons. The maximum atomic E-state index is 14.0. The number of fused-ring (bicyclic) bond motifs is 1. The van der Waals surface area contributed by atoms with E-state index in [0.29, 0.717) is 31.0 Å². The molecule has 2 aromatic rings. The van der Waals surface area contributed by atoms with Gasteiger partial charge in [-0.15, -0.1) is 0 Å². The molecule has 1 saturated heterocycles. The van der Waals surface area contributed by atoms with Crippen LogP contribution in [0.5, 0.6) is 0 Å².